The number of carbonyl (C=O) groups is 2. The molecule has 2 N–H and O–H groups in total. The Hall–Kier alpha value is -3.17. The fraction of sp³-hybridized carbons (Fsp3) is 0.524. The summed E-state index contributed by atoms with van der Waals surface area (Å²) in [5, 5.41) is 17.5. The smallest absolute Gasteiger partial charge is 0.270 e. The molecule has 9 nitrogen and oxygen atoms in total. The van der Waals surface area contributed by atoms with Gasteiger partial charge in [0.1, 0.15) is 11.8 Å². The summed E-state index contributed by atoms with van der Waals surface area (Å²) < 4.78 is 15.9. The van der Waals surface area contributed by atoms with Gasteiger partial charge in [0.05, 0.1) is 12.7 Å². The predicted octanol–water partition coefficient (Wildman–Crippen LogP) is 1.33. The fourth-order valence-corrected chi connectivity index (χ4v) is 3.73. The van der Waals surface area contributed by atoms with Crippen LogP contribution in [0.4, 0.5) is 4.39 Å². The molecule has 0 spiro atoms. The van der Waals surface area contributed by atoms with E-state index in [1.165, 1.54) is 27.8 Å². The van der Waals surface area contributed by atoms with E-state index >= 15 is 0 Å². The maximum Gasteiger partial charge on any atom is 0.270 e. The monoisotopic (exact) mass is 431 g/mol. The molecule has 2 amide bonds. The van der Waals surface area contributed by atoms with Gasteiger partial charge in [-0.05, 0) is 31.3 Å². The molecule has 2 aromatic rings. The number of fused-ring (bicyclic) bond motifs is 1. The van der Waals surface area contributed by atoms with Crippen molar-refractivity contribution in [2.45, 2.75) is 51.9 Å². The molecule has 0 bridgehead atoms. The second kappa shape index (κ2) is 8.16. The minimum absolute atomic E-state index is 0.0252. The van der Waals surface area contributed by atoms with E-state index in [-0.39, 0.29) is 35.6 Å². The number of nitrogens with zero attached hydrogens (tertiary/aromatic N) is 4. The number of aromatic nitrogens is 3. The highest BCUT2D eigenvalue weighted by Crippen LogP contribution is 2.23. The molecule has 2 fully saturated rings. The molecule has 1 aliphatic heterocycles. The van der Waals surface area contributed by atoms with E-state index in [4.69, 9.17) is 0 Å². The molecule has 3 heterocycles. The molecule has 2 aromatic heterocycles. The van der Waals surface area contributed by atoms with Gasteiger partial charge in [-0.2, -0.15) is 9.61 Å². The van der Waals surface area contributed by atoms with Crippen LogP contribution in [0.2, 0.25) is 0 Å². The number of nitrogens with one attached hydrogen (secondary N) is 1. The molecular formula is C21H26FN5O4. The molecule has 10 heteroatoms. The van der Waals surface area contributed by atoms with Gasteiger partial charge in [-0.25, -0.2) is 4.39 Å². The van der Waals surface area contributed by atoms with Crippen LogP contribution < -0.4 is 10.9 Å². The van der Waals surface area contributed by atoms with Crippen LogP contribution >= 0.6 is 0 Å². The molecule has 0 unspecified atom stereocenters. The summed E-state index contributed by atoms with van der Waals surface area (Å²) in [6, 6.07) is 0.0252. The third-order valence-corrected chi connectivity index (χ3v) is 5.45. The van der Waals surface area contributed by atoms with E-state index in [2.05, 4.69) is 10.4 Å². The topological polar surface area (TPSA) is 109 Å². The third-order valence-electron chi connectivity index (χ3n) is 5.45. The van der Waals surface area contributed by atoms with E-state index in [1.54, 1.807) is 0 Å². The molecular weight excluding hydrogens is 405 g/mol. The van der Waals surface area contributed by atoms with Gasteiger partial charge in [0.2, 0.25) is 11.8 Å². The Morgan fingerprint density at radius 1 is 1.35 bits per heavy atom. The minimum Gasteiger partial charge on any atom is -0.492 e. The maximum absolute atomic E-state index is 13.4. The highest BCUT2D eigenvalue weighted by atomic mass is 19.1. The largest absolute Gasteiger partial charge is 0.492 e. The number of likely N-dealkylation sites (tertiary alicyclic amines) is 1. The zero-order valence-electron chi connectivity index (χ0n) is 17.5. The van der Waals surface area contributed by atoms with Gasteiger partial charge in [0.25, 0.3) is 11.5 Å². The van der Waals surface area contributed by atoms with Crippen molar-refractivity contribution in [2.24, 2.45) is 5.92 Å². The second-order valence-corrected chi connectivity index (χ2v) is 8.59. The van der Waals surface area contributed by atoms with Crippen molar-refractivity contribution < 1.29 is 19.1 Å². The van der Waals surface area contributed by atoms with Crippen LogP contribution in [0.15, 0.2) is 17.1 Å². The van der Waals surface area contributed by atoms with E-state index in [0.717, 1.165) is 17.4 Å². The average molecular weight is 431 g/mol. The Morgan fingerprint density at radius 2 is 2.10 bits per heavy atom. The standard InChI is InChI=1S/C21H26FN5O4/c1-12(2)10-26-19-13(3-6-16(28)25-8-7-14(22)11-25)9-23-27(19)21(31)17(20(26)30)18(29)24-15-4-5-15/h3,6,9,12,14-15,31H,4-5,7-8,10-11H2,1-2H3,(H,24,29)/b6-3+/t14-/m1/s1. The van der Waals surface area contributed by atoms with Crippen molar-refractivity contribution in [1.82, 2.24) is 24.4 Å². The van der Waals surface area contributed by atoms with E-state index in [0.29, 0.717) is 25.1 Å². The van der Waals surface area contributed by atoms with Crippen molar-refractivity contribution in [3.8, 4) is 5.88 Å². The second-order valence-electron chi connectivity index (χ2n) is 8.59. The number of amides is 2. The highest BCUT2D eigenvalue weighted by molar-refractivity contribution is 5.97. The summed E-state index contributed by atoms with van der Waals surface area (Å²) in [5.41, 5.74) is -0.237. The minimum atomic E-state index is -1.01. The van der Waals surface area contributed by atoms with Gasteiger partial charge in [-0.1, -0.05) is 13.8 Å². The molecule has 31 heavy (non-hydrogen) atoms. The molecule has 1 atom stereocenters. The zero-order chi connectivity index (χ0) is 22.3. The molecule has 4 rings (SSSR count). The van der Waals surface area contributed by atoms with Gasteiger partial charge < -0.3 is 15.3 Å². The Balaban J connectivity index is 1.75. The Bertz CT molecular complexity index is 1120. The molecule has 166 valence electrons. The highest BCUT2D eigenvalue weighted by Gasteiger charge is 2.30. The van der Waals surface area contributed by atoms with Crippen LogP contribution in [-0.4, -0.2) is 61.3 Å². The molecule has 0 aromatic carbocycles. The van der Waals surface area contributed by atoms with Gasteiger partial charge in [-0.3, -0.25) is 19.0 Å². The number of aromatic hydroxyl groups is 1. The number of alkyl halides is 1. The Kier molecular flexibility index (Phi) is 5.55. The molecule has 1 saturated heterocycles. The van der Waals surface area contributed by atoms with Crippen LogP contribution in [0.25, 0.3) is 11.7 Å². The first kappa shape index (κ1) is 21.1. The normalized spacial score (nSPS) is 19.1. The van der Waals surface area contributed by atoms with Crippen molar-refractivity contribution in [3.05, 3.63) is 33.8 Å². The van der Waals surface area contributed by atoms with Crippen LogP contribution in [0.3, 0.4) is 0 Å². The quantitative estimate of drug-likeness (QED) is 0.671. The number of rotatable bonds is 6. The Morgan fingerprint density at radius 3 is 2.71 bits per heavy atom. The summed E-state index contributed by atoms with van der Waals surface area (Å²) in [7, 11) is 0. The van der Waals surface area contributed by atoms with Crippen molar-refractivity contribution >= 4 is 23.5 Å². The van der Waals surface area contributed by atoms with E-state index < -0.39 is 23.5 Å². The summed E-state index contributed by atoms with van der Waals surface area (Å²) >= 11 is 0. The SMILES string of the molecule is CC(C)Cn1c(=O)c(C(=O)NC2CC2)c(O)n2ncc(/C=C/C(=O)N3CC[C@@H](F)C3)c12. The van der Waals surface area contributed by atoms with Crippen LogP contribution in [-0.2, 0) is 11.3 Å². The van der Waals surface area contributed by atoms with E-state index in [1.807, 2.05) is 13.8 Å². The van der Waals surface area contributed by atoms with Gasteiger partial charge in [-0.15, -0.1) is 0 Å². The first-order valence-electron chi connectivity index (χ1n) is 10.5. The van der Waals surface area contributed by atoms with Crippen molar-refractivity contribution in [3.63, 3.8) is 0 Å². The lowest BCUT2D eigenvalue weighted by atomic mass is 10.2. The molecule has 1 aliphatic carbocycles. The lowest BCUT2D eigenvalue weighted by molar-refractivity contribution is -0.125. The molecule has 2 aliphatic rings. The van der Waals surface area contributed by atoms with Crippen LogP contribution in [0.5, 0.6) is 5.88 Å². The zero-order valence-corrected chi connectivity index (χ0v) is 17.5. The van der Waals surface area contributed by atoms with Gasteiger partial charge in [0.15, 0.2) is 5.56 Å². The van der Waals surface area contributed by atoms with Gasteiger partial charge in [0, 0.05) is 30.8 Å². The maximum atomic E-state index is 13.4. The number of carbonyl (C=O) groups excluding carboxylic acids is 2. The number of hydrogen-bond donors (Lipinski definition) is 2. The number of halogens is 1. The third kappa shape index (κ3) is 4.19. The Labute approximate surface area is 178 Å². The van der Waals surface area contributed by atoms with E-state index in [9.17, 15) is 23.9 Å². The molecule has 1 saturated carbocycles. The van der Waals surface area contributed by atoms with Crippen LogP contribution in [0.1, 0.15) is 49.0 Å². The lowest BCUT2D eigenvalue weighted by Gasteiger charge is -2.15. The number of hydrogen-bond acceptors (Lipinski definition) is 5. The lowest BCUT2D eigenvalue weighted by Crippen LogP contribution is -2.36. The molecule has 0 radical (unpaired) electrons. The first-order chi connectivity index (χ1) is 14.8. The summed E-state index contributed by atoms with van der Waals surface area (Å²) in [4.78, 5) is 39.5. The summed E-state index contributed by atoms with van der Waals surface area (Å²) in [6.07, 6.45) is 5.23. The van der Waals surface area contributed by atoms with Crippen molar-refractivity contribution in [2.75, 3.05) is 13.1 Å². The first-order valence-corrected chi connectivity index (χ1v) is 10.5. The van der Waals surface area contributed by atoms with Crippen molar-refractivity contribution in [1.29, 1.82) is 0 Å². The van der Waals surface area contributed by atoms with Gasteiger partial charge >= 0.3 is 0 Å². The summed E-state index contributed by atoms with van der Waals surface area (Å²) in [5.74, 6) is -1.42. The predicted molar refractivity (Wildman–Crippen MR) is 112 cm³/mol. The summed E-state index contributed by atoms with van der Waals surface area (Å²) in [6.45, 7) is 4.57. The average Bonchev–Trinajstić information content (AvgIpc) is 3.24. The van der Waals surface area contributed by atoms with Crippen LogP contribution in [0, 0.1) is 5.92 Å². The fourth-order valence-electron chi connectivity index (χ4n) is 3.73.